The van der Waals surface area contributed by atoms with Gasteiger partial charge in [-0.2, -0.15) is 5.10 Å². The van der Waals surface area contributed by atoms with Gasteiger partial charge in [0.15, 0.2) is 0 Å². The first-order valence-corrected chi connectivity index (χ1v) is 9.78. The summed E-state index contributed by atoms with van der Waals surface area (Å²) in [6.07, 6.45) is 3.45. The fourth-order valence-electron chi connectivity index (χ4n) is 3.54. The lowest BCUT2D eigenvalue weighted by Crippen LogP contribution is -2.43. The third-order valence-corrected chi connectivity index (χ3v) is 5.39. The van der Waals surface area contributed by atoms with Crippen molar-refractivity contribution in [2.45, 2.75) is 26.4 Å². The van der Waals surface area contributed by atoms with Gasteiger partial charge in [0.05, 0.1) is 23.0 Å². The molecule has 0 spiro atoms. The van der Waals surface area contributed by atoms with E-state index in [2.05, 4.69) is 15.2 Å². The number of fused-ring (bicyclic) bond motifs is 1. The Hall–Kier alpha value is -4.00. The van der Waals surface area contributed by atoms with Crippen molar-refractivity contribution in [3.63, 3.8) is 0 Å². The number of aryl methyl sites for hydroxylation is 2. The molecular formula is C24H22N4O3. The van der Waals surface area contributed by atoms with Gasteiger partial charge in [-0.3, -0.25) is 14.9 Å². The number of amides is 1. The Morgan fingerprint density at radius 2 is 1.84 bits per heavy atom. The number of nitrogens with two attached hydrogens (primary N) is 1. The monoisotopic (exact) mass is 414 g/mol. The average molecular weight is 414 g/mol. The molecule has 0 aliphatic rings. The molecule has 0 radical (unpaired) electrons. The Morgan fingerprint density at radius 1 is 1.03 bits per heavy atom. The van der Waals surface area contributed by atoms with Crippen molar-refractivity contribution in [1.82, 2.24) is 15.2 Å². The predicted molar refractivity (Wildman–Crippen MR) is 117 cm³/mol. The number of carbonyl (C=O) groups is 2. The molecular weight excluding hydrogens is 392 g/mol. The minimum atomic E-state index is -1.64. The number of aromatic amines is 1. The van der Waals surface area contributed by atoms with Crippen molar-refractivity contribution in [1.29, 1.82) is 0 Å². The highest BCUT2D eigenvalue weighted by Crippen LogP contribution is 2.32. The summed E-state index contributed by atoms with van der Waals surface area (Å²) >= 11 is 0. The van der Waals surface area contributed by atoms with Crippen LogP contribution < -0.4 is 5.73 Å². The zero-order chi connectivity index (χ0) is 22.2. The second-order valence-electron chi connectivity index (χ2n) is 7.71. The van der Waals surface area contributed by atoms with Crippen LogP contribution in [0.5, 0.6) is 0 Å². The fourth-order valence-corrected chi connectivity index (χ4v) is 3.54. The van der Waals surface area contributed by atoms with Gasteiger partial charge in [0.1, 0.15) is 0 Å². The van der Waals surface area contributed by atoms with E-state index in [1.54, 1.807) is 36.7 Å². The third-order valence-electron chi connectivity index (χ3n) is 5.39. The van der Waals surface area contributed by atoms with E-state index in [0.29, 0.717) is 16.6 Å². The van der Waals surface area contributed by atoms with E-state index < -0.39 is 17.5 Å². The number of carbonyl (C=O) groups excluding carboxylic acids is 2. The van der Waals surface area contributed by atoms with Crippen LogP contribution in [-0.2, 0) is 15.1 Å². The standard InChI is InChI=1S/C24H22N4O3/c1-14-4-9-20(26-12-14)16-7-8-19(15(2)10-16)24(3,23(25)30)31-22(29)17-5-6-18-13-27-28-21(18)11-17/h4-13H,1-3H3,(H2,25,30)(H,27,28). The molecule has 4 aromatic rings. The number of ether oxygens (including phenoxy) is 1. The molecule has 0 fully saturated rings. The highest BCUT2D eigenvalue weighted by Gasteiger charge is 2.39. The summed E-state index contributed by atoms with van der Waals surface area (Å²) in [5.74, 6) is -1.41. The van der Waals surface area contributed by atoms with Gasteiger partial charge < -0.3 is 10.5 Å². The molecule has 2 aromatic carbocycles. The molecule has 1 atom stereocenters. The summed E-state index contributed by atoms with van der Waals surface area (Å²) in [6, 6.07) is 14.4. The normalized spacial score (nSPS) is 13.0. The second-order valence-corrected chi connectivity index (χ2v) is 7.71. The van der Waals surface area contributed by atoms with Gasteiger partial charge in [-0.15, -0.1) is 0 Å². The van der Waals surface area contributed by atoms with Crippen LogP contribution in [0.15, 0.2) is 60.9 Å². The predicted octanol–water partition coefficient (Wildman–Crippen LogP) is 3.80. The lowest BCUT2D eigenvalue weighted by Gasteiger charge is -2.28. The number of nitrogens with one attached hydrogen (secondary N) is 1. The van der Waals surface area contributed by atoms with Crippen LogP contribution in [0.1, 0.15) is 34.0 Å². The Morgan fingerprint density at radius 3 is 2.52 bits per heavy atom. The van der Waals surface area contributed by atoms with Crippen LogP contribution in [0.2, 0.25) is 0 Å². The Balaban J connectivity index is 1.67. The molecule has 4 rings (SSSR count). The van der Waals surface area contributed by atoms with Gasteiger partial charge in [-0.05, 0) is 56.2 Å². The number of pyridine rings is 1. The molecule has 1 unspecified atom stereocenters. The first-order valence-electron chi connectivity index (χ1n) is 9.78. The van der Waals surface area contributed by atoms with E-state index in [4.69, 9.17) is 10.5 Å². The summed E-state index contributed by atoms with van der Waals surface area (Å²) in [7, 11) is 0. The number of benzene rings is 2. The second kappa shape index (κ2) is 7.68. The van der Waals surface area contributed by atoms with E-state index in [1.165, 1.54) is 6.92 Å². The summed E-state index contributed by atoms with van der Waals surface area (Å²) < 4.78 is 5.68. The summed E-state index contributed by atoms with van der Waals surface area (Å²) in [5, 5.41) is 7.62. The summed E-state index contributed by atoms with van der Waals surface area (Å²) in [5.41, 5.74) is 9.10. The van der Waals surface area contributed by atoms with Crippen LogP contribution in [0.4, 0.5) is 0 Å². The van der Waals surface area contributed by atoms with Gasteiger partial charge in [-0.25, -0.2) is 4.79 Å². The van der Waals surface area contributed by atoms with Crippen molar-refractivity contribution in [2.24, 2.45) is 5.73 Å². The number of hydrogen-bond acceptors (Lipinski definition) is 5. The summed E-state index contributed by atoms with van der Waals surface area (Å²) in [4.78, 5) is 29.7. The molecule has 3 N–H and O–H groups in total. The molecule has 7 heteroatoms. The van der Waals surface area contributed by atoms with E-state index >= 15 is 0 Å². The van der Waals surface area contributed by atoms with Gasteiger partial charge in [-0.1, -0.05) is 24.3 Å². The van der Waals surface area contributed by atoms with Gasteiger partial charge >= 0.3 is 5.97 Å². The highest BCUT2D eigenvalue weighted by atomic mass is 16.6. The van der Waals surface area contributed by atoms with Crippen molar-refractivity contribution in [3.05, 3.63) is 83.2 Å². The van der Waals surface area contributed by atoms with Crippen molar-refractivity contribution >= 4 is 22.8 Å². The zero-order valence-electron chi connectivity index (χ0n) is 17.5. The minimum Gasteiger partial charge on any atom is -0.441 e. The molecule has 0 bridgehead atoms. The van der Waals surface area contributed by atoms with Crippen LogP contribution in [-0.4, -0.2) is 27.1 Å². The first-order chi connectivity index (χ1) is 14.8. The maximum Gasteiger partial charge on any atom is 0.339 e. The highest BCUT2D eigenvalue weighted by molar-refractivity contribution is 5.97. The molecule has 0 saturated carbocycles. The van der Waals surface area contributed by atoms with E-state index in [9.17, 15) is 9.59 Å². The maximum absolute atomic E-state index is 12.9. The number of aromatic nitrogens is 3. The largest absolute Gasteiger partial charge is 0.441 e. The number of nitrogens with zero attached hydrogens (tertiary/aromatic N) is 2. The number of H-pyrrole nitrogens is 1. The SMILES string of the molecule is Cc1ccc(-c2ccc(C(C)(OC(=O)c3ccc4cn[nH]c4c3)C(N)=O)c(C)c2)nc1. The van der Waals surface area contributed by atoms with E-state index in [1.807, 2.05) is 38.1 Å². The molecule has 0 aliphatic heterocycles. The van der Waals surface area contributed by atoms with Crippen molar-refractivity contribution in [3.8, 4) is 11.3 Å². The Bertz CT molecular complexity index is 1290. The number of esters is 1. The number of primary amides is 1. The Labute approximate surface area is 179 Å². The first kappa shape index (κ1) is 20.3. The maximum atomic E-state index is 12.9. The Kier molecular flexibility index (Phi) is 5.02. The topological polar surface area (TPSA) is 111 Å². The molecule has 7 nitrogen and oxygen atoms in total. The van der Waals surface area contributed by atoms with E-state index in [0.717, 1.165) is 27.8 Å². The molecule has 1 amide bonds. The third kappa shape index (κ3) is 3.77. The molecule has 0 aliphatic carbocycles. The van der Waals surface area contributed by atoms with E-state index in [-0.39, 0.29) is 0 Å². The van der Waals surface area contributed by atoms with Crippen molar-refractivity contribution in [2.75, 3.05) is 0 Å². The smallest absolute Gasteiger partial charge is 0.339 e. The summed E-state index contributed by atoms with van der Waals surface area (Å²) in [6.45, 7) is 5.33. The molecule has 156 valence electrons. The number of hydrogen-bond donors (Lipinski definition) is 2. The van der Waals surface area contributed by atoms with Gasteiger partial charge in [0, 0.05) is 22.7 Å². The lowest BCUT2D eigenvalue weighted by molar-refractivity contribution is -0.136. The quantitative estimate of drug-likeness (QED) is 0.483. The zero-order valence-corrected chi connectivity index (χ0v) is 17.5. The van der Waals surface area contributed by atoms with Crippen LogP contribution in [0, 0.1) is 13.8 Å². The van der Waals surface area contributed by atoms with Gasteiger partial charge in [0.25, 0.3) is 5.91 Å². The van der Waals surface area contributed by atoms with Crippen LogP contribution >= 0.6 is 0 Å². The average Bonchev–Trinajstić information content (AvgIpc) is 3.21. The van der Waals surface area contributed by atoms with Crippen LogP contribution in [0.25, 0.3) is 22.2 Å². The molecule has 2 heterocycles. The minimum absolute atomic E-state index is 0.294. The number of rotatable bonds is 5. The lowest BCUT2D eigenvalue weighted by atomic mass is 9.89. The van der Waals surface area contributed by atoms with Gasteiger partial charge in [0.2, 0.25) is 5.60 Å². The molecule has 2 aromatic heterocycles. The fraction of sp³-hybridized carbons (Fsp3) is 0.167. The van der Waals surface area contributed by atoms with Crippen LogP contribution in [0.3, 0.4) is 0 Å². The molecule has 31 heavy (non-hydrogen) atoms. The molecule has 0 saturated heterocycles. The van der Waals surface area contributed by atoms with Crippen molar-refractivity contribution < 1.29 is 14.3 Å².